The van der Waals surface area contributed by atoms with Crippen LogP contribution in [0.3, 0.4) is 0 Å². The van der Waals surface area contributed by atoms with E-state index in [4.69, 9.17) is 0 Å². The van der Waals surface area contributed by atoms with E-state index in [9.17, 15) is 0 Å². The van der Waals surface area contributed by atoms with Gasteiger partial charge in [-0.1, -0.05) is 5.92 Å². The lowest BCUT2D eigenvalue weighted by molar-refractivity contribution is 0.640. The smallest absolute Gasteiger partial charge is 0.102 e. The van der Waals surface area contributed by atoms with Crippen LogP contribution in [-0.2, 0) is 13.1 Å². The van der Waals surface area contributed by atoms with Crippen LogP contribution >= 0.6 is 0 Å². The third-order valence-corrected chi connectivity index (χ3v) is 1.57. The number of nitrogens with zero attached hydrogens (tertiary/aromatic N) is 2. The van der Waals surface area contributed by atoms with E-state index in [-0.39, 0.29) is 0 Å². The molecule has 3 heteroatoms. The highest BCUT2D eigenvalue weighted by Crippen LogP contribution is 1.96. The Bertz CT molecular complexity index is 290. The number of nitrogens with one attached hydrogen (secondary N) is 1. The zero-order valence-electron chi connectivity index (χ0n) is 7.46. The standard InChI is InChI=1S/C9H13N3/c1-3-4-7-12-9(8-10-2)5-6-11-12/h5-6,10H,7-8H2,1-2H3. The van der Waals surface area contributed by atoms with Gasteiger partial charge in [-0.3, -0.25) is 4.68 Å². The van der Waals surface area contributed by atoms with Crippen molar-refractivity contribution < 1.29 is 0 Å². The van der Waals surface area contributed by atoms with E-state index in [0.717, 1.165) is 6.54 Å². The Morgan fingerprint density at radius 1 is 1.67 bits per heavy atom. The highest BCUT2D eigenvalue weighted by molar-refractivity contribution is 5.04. The van der Waals surface area contributed by atoms with E-state index in [1.54, 1.807) is 6.20 Å². The largest absolute Gasteiger partial charge is 0.314 e. The monoisotopic (exact) mass is 163 g/mol. The average Bonchev–Trinajstić information content (AvgIpc) is 2.50. The second kappa shape index (κ2) is 4.58. The molecule has 3 nitrogen and oxygen atoms in total. The molecule has 0 fully saturated rings. The topological polar surface area (TPSA) is 29.9 Å². The Morgan fingerprint density at radius 3 is 3.17 bits per heavy atom. The van der Waals surface area contributed by atoms with Gasteiger partial charge < -0.3 is 5.32 Å². The van der Waals surface area contributed by atoms with Crippen LogP contribution < -0.4 is 5.32 Å². The first-order valence-electron chi connectivity index (χ1n) is 3.93. The summed E-state index contributed by atoms with van der Waals surface area (Å²) in [6.07, 6.45) is 1.80. The van der Waals surface area contributed by atoms with Crippen LogP contribution in [0.25, 0.3) is 0 Å². The minimum Gasteiger partial charge on any atom is -0.314 e. The third kappa shape index (κ3) is 2.11. The molecule has 1 rings (SSSR count). The van der Waals surface area contributed by atoms with Crippen LogP contribution in [0, 0.1) is 11.8 Å². The van der Waals surface area contributed by atoms with Crippen LogP contribution in [0.1, 0.15) is 12.6 Å². The summed E-state index contributed by atoms with van der Waals surface area (Å²) in [4.78, 5) is 0. The van der Waals surface area contributed by atoms with Crippen molar-refractivity contribution >= 4 is 0 Å². The van der Waals surface area contributed by atoms with E-state index in [2.05, 4.69) is 22.3 Å². The lowest BCUT2D eigenvalue weighted by atomic mass is 10.4. The Kier molecular flexibility index (Phi) is 3.36. The molecule has 1 aromatic rings. The normalized spacial score (nSPS) is 9.17. The summed E-state index contributed by atoms with van der Waals surface area (Å²) < 4.78 is 1.90. The Balaban J connectivity index is 2.67. The van der Waals surface area contributed by atoms with Crippen LogP contribution in [0.15, 0.2) is 12.3 Å². The fourth-order valence-electron chi connectivity index (χ4n) is 0.988. The summed E-state index contributed by atoms with van der Waals surface area (Å²) in [5, 5.41) is 7.22. The second-order valence-corrected chi connectivity index (χ2v) is 2.44. The van der Waals surface area contributed by atoms with E-state index in [1.807, 2.05) is 24.7 Å². The van der Waals surface area contributed by atoms with Crippen molar-refractivity contribution in [1.29, 1.82) is 0 Å². The lowest BCUT2D eigenvalue weighted by Gasteiger charge is -2.01. The number of aromatic nitrogens is 2. The lowest BCUT2D eigenvalue weighted by Crippen LogP contribution is -2.11. The zero-order valence-corrected chi connectivity index (χ0v) is 7.46. The summed E-state index contributed by atoms with van der Waals surface area (Å²) in [5.74, 6) is 5.82. The van der Waals surface area contributed by atoms with Crippen LogP contribution in [-0.4, -0.2) is 16.8 Å². The quantitative estimate of drug-likeness (QED) is 0.662. The first-order chi connectivity index (χ1) is 5.88. The van der Waals surface area contributed by atoms with Gasteiger partial charge in [-0.15, -0.1) is 5.92 Å². The minimum absolute atomic E-state index is 0.681. The van der Waals surface area contributed by atoms with Gasteiger partial charge in [0.15, 0.2) is 0 Å². The molecule has 1 N–H and O–H groups in total. The molecule has 0 aromatic carbocycles. The van der Waals surface area contributed by atoms with E-state index in [0.29, 0.717) is 6.54 Å². The molecule has 0 atom stereocenters. The van der Waals surface area contributed by atoms with Gasteiger partial charge in [0.05, 0.1) is 5.69 Å². The van der Waals surface area contributed by atoms with Crippen molar-refractivity contribution in [2.24, 2.45) is 0 Å². The number of rotatable bonds is 3. The number of hydrogen-bond acceptors (Lipinski definition) is 2. The molecule has 0 aliphatic heterocycles. The third-order valence-electron chi connectivity index (χ3n) is 1.57. The van der Waals surface area contributed by atoms with Gasteiger partial charge in [0.1, 0.15) is 6.54 Å². The Morgan fingerprint density at radius 2 is 2.50 bits per heavy atom. The summed E-state index contributed by atoms with van der Waals surface area (Å²) >= 11 is 0. The van der Waals surface area contributed by atoms with Gasteiger partial charge in [-0.2, -0.15) is 5.10 Å². The maximum absolute atomic E-state index is 4.15. The van der Waals surface area contributed by atoms with Gasteiger partial charge in [0.25, 0.3) is 0 Å². The zero-order chi connectivity index (χ0) is 8.81. The summed E-state index contributed by atoms with van der Waals surface area (Å²) in [6, 6.07) is 1.99. The molecule has 0 aliphatic rings. The van der Waals surface area contributed by atoms with Crippen molar-refractivity contribution in [1.82, 2.24) is 15.1 Å². The summed E-state index contributed by atoms with van der Waals surface area (Å²) in [7, 11) is 1.92. The van der Waals surface area contributed by atoms with Gasteiger partial charge in [-0.05, 0) is 20.0 Å². The number of hydrogen-bond donors (Lipinski definition) is 1. The van der Waals surface area contributed by atoms with Crippen molar-refractivity contribution in [2.45, 2.75) is 20.0 Å². The first-order valence-corrected chi connectivity index (χ1v) is 3.93. The predicted octanol–water partition coefficient (Wildman–Crippen LogP) is 0.626. The molecule has 0 spiro atoms. The summed E-state index contributed by atoms with van der Waals surface area (Å²) in [5.41, 5.74) is 1.17. The molecule has 12 heavy (non-hydrogen) atoms. The summed E-state index contributed by atoms with van der Waals surface area (Å²) in [6.45, 7) is 3.35. The van der Waals surface area contributed by atoms with Crippen LogP contribution in [0.5, 0.6) is 0 Å². The molecule has 0 unspecified atom stereocenters. The second-order valence-electron chi connectivity index (χ2n) is 2.44. The maximum atomic E-state index is 4.15. The van der Waals surface area contributed by atoms with E-state index in [1.165, 1.54) is 5.69 Å². The predicted molar refractivity (Wildman–Crippen MR) is 48.4 cm³/mol. The van der Waals surface area contributed by atoms with Gasteiger partial charge >= 0.3 is 0 Å². The fraction of sp³-hybridized carbons (Fsp3) is 0.444. The molecule has 0 saturated heterocycles. The minimum atomic E-state index is 0.681. The SMILES string of the molecule is CC#CCn1nccc1CNC. The average molecular weight is 163 g/mol. The van der Waals surface area contributed by atoms with Crippen molar-refractivity contribution in [2.75, 3.05) is 7.05 Å². The Labute approximate surface area is 72.8 Å². The van der Waals surface area contributed by atoms with Crippen LogP contribution in [0.2, 0.25) is 0 Å². The maximum Gasteiger partial charge on any atom is 0.102 e. The van der Waals surface area contributed by atoms with E-state index >= 15 is 0 Å². The first kappa shape index (κ1) is 8.82. The van der Waals surface area contributed by atoms with E-state index < -0.39 is 0 Å². The van der Waals surface area contributed by atoms with Crippen LogP contribution in [0.4, 0.5) is 0 Å². The molecule has 0 aliphatic carbocycles. The molecule has 1 aromatic heterocycles. The molecule has 0 bridgehead atoms. The molecule has 0 amide bonds. The fourth-order valence-corrected chi connectivity index (χ4v) is 0.988. The van der Waals surface area contributed by atoms with Crippen molar-refractivity contribution in [3.63, 3.8) is 0 Å². The highest BCUT2D eigenvalue weighted by Gasteiger charge is 1.97. The highest BCUT2D eigenvalue weighted by atomic mass is 15.3. The molecule has 64 valence electrons. The van der Waals surface area contributed by atoms with Gasteiger partial charge in [0, 0.05) is 12.7 Å². The molecular formula is C9H13N3. The molecule has 1 heterocycles. The molecule has 0 radical (unpaired) electrons. The van der Waals surface area contributed by atoms with Gasteiger partial charge in [-0.25, -0.2) is 0 Å². The van der Waals surface area contributed by atoms with Crippen molar-refractivity contribution in [3.05, 3.63) is 18.0 Å². The Hall–Kier alpha value is -1.27. The molecule has 0 saturated carbocycles. The van der Waals surface area contributed by atoms with Gasteiger partial charge in [0.2, 0.25) is 0 Å². The van der Waals surface area contributed by atoms with Crippen molar-refractivity contribution in [3.8, 4) is 11.8 Å². The molecular weight excluding hydrogens is 150 g/mol.